The third-order valence-electron chi connectivity index (χ3n) is 1.96. The van der Waals surface area contributed by atoms with E-state index in [9.17, 15) is 14.9 Å². The fraction of sp³-hybridized carbons (Fsp3) is 0.556. The highest BCUT2D eigenvalue weighted by atomic mass is 32.1. The number of carbonyl (C=O) groups excluding carboxylic acids is 1. The van der Waals surface area contributed by atoms with Crippen molar-refractivity contribution in [1.29, 1.82) is 0 Å². The molecule has 18 heavy (non-hydrogen) atoms. The van der Waals surface area contributed by atoms with Crippen molar-refractivity contribution in [3.8, 4) is 0 Å². The van der Waals surface area contributed by atoms with Crippen LogP contribution in [-0.4, -0.2) is 48.0 Å². The monoisotopic (exact) mass is 273 g/mol. The van der Waals surface area contributed by atoms with Crippen molar-refractivity contribution in [2.75, 3.05) is 32.5 Å². The first-order valence-corrected chi connectivity index (χ1v) is 6.10. The van der Waals surface area contributed by atoms with Crippen molar-refractivity contribution in [1.82, 2.24) is 15.2 Å². The Morgan fingerprint density at radius 2 is 2.33 bits per heavy atom. The van der Waals surface area contributed by atoms with E-state index in [2.05, 4.69) is 15.6 Å². The van der Waals surface area contributed by atoms with Gasteiger partial charge in [0.2, 0.25) is 0 Å². The van der Waals surface area contributed by atoms with E-state index in [4.69, 9.17) is 0 Å². The van der Waals surface area contributed by atoms with Crippen LogP contribution in [0, 0.1) is 10.1 Å². The molecule has 0 aliphatic rings. The van der Waals surface area contributed by atoms with Gasteiger partial charge in [0.1, 0.15) is 6.20 Å². The molecular weight excluding hydrogens is 258 g/mol. The number of carbonyl (C=O) groups is 1. The first kappa shape index (κ1) is 14.3. The number of rotatable bonds is 6. The lowest BCUT2D eigenvalue weighted by atomic mass is 10.4. The Morgan fingerprint density at radius 1 is 1.61 bits per heavy atom. The van der Waals surface area contributed by atoms with Crippen molar-refractivity contribution in [3.63, 3.8) is 0 Å². The summed E-state index contributed by atoms with van der Waals surface area (Å²) in [6, 6.07) is -0.405. The minimum Gasteiger partial charge on any atom is -0.338 e. The summed E-state index contributed by atoms with van der Waals surface area (Å²) in [5.74, 6) is 0. The molecule has 0 bridgehead atoms. The van der Waals surface area contributed by atoms with Gasteiger partial charge in [-0.15, -0.1) is 0 Å². The summed E-state index contributed by atoms with van der Waals surface area (Å²) in [5, 5.41) is 15.6. The molecule has 8 nitrogen and oxygen atoms in total. The van der Waals surface area contributed by atoms with Crippen LogP contribution in [0.1, 0.15) is 6.42 Å². The van der Waals surface area contributed by atoms with Crippen molar-refractivity contribution >= 4 is 27.5 Å². The fourth-order valence-corrected chi connectivity index (χ4v) is 1.77. The van der Waals surface area contributed by atoms with Gasteiger partial charge >= 0.3 is 11.0 Å². The number of thiazole rings is 1. The molecule has 0 fully saturated rings. The Balaban J connectivity index is 2.29. The maximum Gasteiger partial charge on any atom is 0.345 e. The second-order valence-electron chi connectivity index (χ2n) is 3.80. The van der Waals surface area contributed by atoms with Gasteiger partial charge < -0.3 is 10.2 Å². The zero-order chi connectivity index (χ0) is 13.5. The molecule has 2 amide bonds. The average Bonchev–Trinajstić information content (AvgIpc) is 2.72. The van der Waals surface area contributed by atoms with E-state index in [1.54, 1.807) is 0 Å². The molecule has 0 aliphatic carbocycles. The van der Waals surface area contributed by atoms with Gasteiger partial charge in [-0.2, -0.15) is 0 Å². The number of amides is 2. The first-order valence-electron chi connectivity index (χ1n) is 5.29. The highest BCUT2D eigenvalue weighted by molar-refractivity contribution is 7.18. The Hall–Kier alpha value is -1.74. The Labute approximate surface area is 108 Å². The van der Waals surface area contributed by atoms with Gasteiger partial charge in [-0.05, 0) is 38.4 Å². The average molecular weight is 273 g/mol. The third kappa shape index (κ3) is 5.06. The molecule has 0 radical (unpaired) electrons. The van der Waals surface area contributed by atoms with E-state index in [0.717, 1.165) is 30.5 Å². The molecule has 0 saturated carbocycles. The second kappa shape index (κ2) is 6.87. The summed E-state index contributed by atoms with van der Waals surface area (Å²) >= 11 is 0.823. The van der Waals surface area contributed by atoms with Crippen molar-refractivity contribution in [2.24, 2.45) is 0 Å². The van der Waals surface area contributed by atoms with Crippen LogP contribution in [0.15, 0.2) is 6.20 Å². The molecule has 1 aromatic rings. The molecule has 0 aromatic carbocycles. The van der Waals surface area contributed by atoms with Gasteiger partial charge in [-0.25, -0.2) is 9.78 Å². The van der Waals surface area contributed by atoms with Crippen LogP contribution in [0.25, 0.3) is 0 Å². The number of hydrogen-bond donors (Lipinski definition) is 2. The lowest BCUT2D eigenvalue weighted by Crippen LogP contribution is -2.31. The van der Waals surface area contributed by atoms with E-state index >= 15 is 0 Å². The van der Waals surface area contributed by atoms with Crippen molar-refractivity contribution in [3.05, 3.63) is 16.3 Å². The van der Waals surface area contributed by atoms with Crippen LogP contribution in [0.5, 0.6) is 0 Å². The molecule has 100 valence electrons. The molecule has 0 saturated heterocycles. The van der Waals surface area contributed by atoms with Crippen LogP contribution < -0.4 is 10.6 Å². The maximum absolute atomic E-state index is 11.4. The number of aromatic nitrogens is 1. The van der Waals surface area contributed by atoms with Crippen LogP contribution in [-0.2, 0) is 0 Å². The normalized spacial score (nSPS) is 10.4. The van der Waals surface area contributed by atoms with E-state index in [1.165, 1.54) is 0 Å². The quantitative estimate of drug-likeness (QED) is 0.459. The number of urea groups is 1. The number of anilines is 1. The minimum atomic E-state index is -0.544. The standard InChI is InChI=1S/C9H15N5O3S/c1-13(2)5-3-4-10-8(15)12-9-11-6-7(18-9)14(16)17/h6H,3-5H2,1-2H3,(H2,10,11,12,15). The minimum absolute atomic E-state index is 0.0992. The van der Waals surface area contributed by atoms with E-state index in [0.29, 0.717) is 6.54 Å². The zero-order valence-electron chi connectivity index (χ0n) is 10.2. The molecular formula is C9H15N5O3S. The predicted molar refractivity (Wildman–Crippen MR) is 69.0 cm³/mol. The molecule has 9 heteroatoms. The first-order chi connectivity index (χ1) is 8.49. The van der Waals surface area contributed by atoms with Crippen molar-refractivity contribution in [2.45, 2.75) is 6.42 Å². The van der Waals surface area contributed by atoms with Gasteiger partial charge in [-0.3, -0.25) is 15.4 Å². The summed E-state index contributed by atoms with van der Waals surface area (Å²) in [4.78, 5) is 27.0. The molecule has 1 rings (SSSR count). The molecule has 0 aliphatic heterocycles. The highest BCUT2D eigenvalue weighted by Gasteiger charge is 2.12. The van der Waals surface area contributed by atoms with Crippen molar-refractivity contribution < 1.29 is 9.72 Å². The number of hydrogen-bond acceptors (Lipinski definition) is 6. The zero-order valence-corrected chi connectivity index (χ0v) is 11.0. The molecule has 1 aromatic heterocycles. The molecule has 2 N–H and O–H groups in total. The summed E-state index contributed by atoms with van der Waals surface area (Å²) in [6.07, 6.45) is 1.95. The van der Waals surface area contributed by atoms with E-state index in [-0.39, 0.29) is 10.1 Å². The smallest absolute Gasteiger partial charge is 0.338 e. The van der Waals surface area contributed by atoms with Gasteiger partial charge in [0.05, 0.1) is 4.92 Å². The van der Waals surface area contributed by atoms with Crippen LogP contribution in [0.3, 0.4) is 0 Å². The molecule has 0 unspecified atom stereocenters. The topological polar surface area (TPSA) is 100 Å². The van der Waals surface area contributed by atoms with E-state index < -0.39 is 11.0 Å². The summed E-state index contributed by atoms with van der Waals surface area (Å²) in [7, 11) is 3.91. The molecule has 0 spiro atoms. The van der Waals surface area contributed by atoms with Crippen LogP contribution in [0.2, 0.25) is 0 Å². The lowest BCUT2D eigenvalue weighted by molar-refractivity contribution is -0.380. The summed E-state index contributed by atoms with van der Waals surface area (Å²) in [6.45, 7) is 1.42. The Bertz CT molecular complexity index is 420. The van der Waals surface area contributed by atoms with Gasteiger partial charge in [-0.1, -0.05) is 0 Å². The van der Waals surface area contributed by atoms with Crippen LogP contribution in [0.4, 0.5) is 14.9 Å². The summed E-state index contributed by atoms with van der Waals surface area (Å²) in [5.41, 5.74) is 0. The highest BCUT2D eigenvalue weighted by Crippen LogP contribution is 2.24. The van der Waals surface area contributed by atoms with E-state index in [1.807, 2.05) is 19.0 Å². The SMILES string of the molecule is CN(C)CCCNC(=O)Nc1ncc([N+](=O)[O-])s1. The van der Waals surface area contributed by atoms with Gasteiger partial charge in [0.25, 0.3) is 0 Å². The Morgan fingerprint density at radius 3 is 2.89 bits per heavy atom. The van der Waals surface area contributed by atoms with Gasteiger partial charge in [0, 0.05) is 6.54 Å². The lowest BCUT2D eigenvalue weighted by Gasteiger charge is -2.09. The van der Waals surface area contributed by atoms with Gasteiger partial charge in [0.15, 0.2) is 5.13 Å². The third-order valence-corrected chi connectivity index (χ3v) is 2.83. The fourth-order valence-electron chi connectivity index (χ4n) is 1.15. The molecule has 1 heterocycles. The predicted octanol–water partition coefficient (Wildman–Crippen LogP) is 1.12. The largest absolute Gasteiger partial charge is 0.345 e. The summed E-state index contributed by atoms with van der Waals surface area (Å²) < 4.78 is 0. The number of nitro groups is 1. The number of nitrogens with zero attached hydrogens (tertiary/aromatic N) is 3. The van der Waals surface area contributed by atoms with Crippen LogP contribution >= 0.6 is 11.3 Å². The molecule has 0 atom stereocenters. The second-order valence-corrected chi connectivity index (χ2v) is 4.81. The number of nitrogens with one attached hydrogen (secondary N) is 2. The maximum atomic E-state index is 11.4. The Kier molecular flexibility index (Phi) is 5.46.